The second kappa shape index (κ2) is 10.4. The molecule has 0 aromatic heterocycles. The molecule has 0 atom stereocenters. The van der Waals surface area contributed by atoms with Crippen LogP contribution in [0.2, 0.25) is 0 Å². The van der Waals surface area contributed by atoms with Crippen molar-refractivity contribution in [3.63, 3.8) is 0 Å². The Morgan fingerprint density at radius 2 is 1.94 bits per heavy atom. The van der Waals surface area contributed by atoms with E-state index in [1.807, 2.05) is 31.2 Å². The van der Waals surface area contributed by atoms with Gasteiger partial charge >= 0.3 is 0 Å². The molecule has 0 bridgehead atoms. The number of para-hydroxylation sites is 1. The summed E-state index contributed by atoms with van der Waals surface area (Å²) in [4.78, 5) is 16.9. The molecular formula is C25H27N3O3. The van der Waals surface area contributed by atoms with Crippen LogP contribution in [0.5, 0.6) is 11.5 Å². The van der Waals surface area contributed by atoms with Crippen LogP contribution < -0.4 is 9.64 Å². The molecule has 1 aliphatic heterocycles. The fraction of sp³-hybridized carbons (Fsp3) is 0.280. The molecule has 6 heteroatoms. The molecule has 0 unspecified atom stereocenters. The number of anilines is 1. The Kier molecular flexibility index (Phi) is 7.34. The number of carbonyl (C=O) groups excluding carboxylic acids is 1. The lowest BCUT2D eigenvalue weighted by atomic mass is 10.0. The molecule has 1 amide bonds. The van der Waals surface area contributed by atoms with Gasteiger partial charge in [-0.3, -0.25) is 4.79 Å². The van der Waals surface area contributed by atoms with Gasteiger partial charge in [-0.25, -0.2) is 0 Å². The van der Waals surface area contributed by atoms with Gasteiger partial charge in [0.25, 0.3) is 5.91 Å². The maximum atomic E-state index is 13.0. The molecule has 2 aromatic carbocycles. The van der Waals surface area contributed by atoms with Gasteiger partial charge in [0.05, 0.1) is 6.61 Å². The Labute approximate surface area is 183 Å². The highest BCUT2D eigenvalue weighted by Crippen LogP contribution is 2.33. The molecule has 0 spiro atoms. The van der Waals surface area contributed by atoms with E-state index < -0.39 is 0 Å². The molecule has 0 radical (unpaired) electrons. The summed E-state index contributed by atoms with van der Waals surface area (Å²) < 4.78 is 5.51. The van der Waals surface area contributed by atoms with Crippen LogP contribution in [0.4, 0.5) is 5.69 Å². The number of hydrogen-bond donors (Lipinski definition) is 1. The fourth-order valence-electron chi connectivity index (χ4n) is 3.63. The number of hydrogen-bond acceptors (Lipinski definition) is 5. The largest absolute Gasteiger partial charge is 0.504 e. The first-order chi connectivity index (χ1) is 15.1. The average Bonchev–Trinajstić information content (AvgIpc) is 2.81. The number of phenols is 1. The van der Waals surface area contributed by atoms with Crippen LogP contribution in [0.15, 0.2) is 60.7 Å². The van der Waals surface area contributed by atoms with Crippen LogP contribution in [-0.2, 0) is 11.2 Å². The predicted octanol–water partition coefficient (Wildman–Crippen LogP) is 3.78. The van der Waals surface area contributed by atoms with E-state index in [2.05, 4.69) is 23.6 Å². The maximum absolute atomic E-state index is 13.0. The monoisotopic (exact) mass is 417 g/mol. The molecule has 1 fully saturated rings. The third-order valence-electron chi connectivity index (χ3n) is 5.19. The van der Waals surface area contributed by atoms with Crippen molar-refractivity contribution in [2.45, 2.75) is 13.3 Å². The molecular weight excluding hydrogens is 390 g/mol. The second-order valence-electron chi connectivity index (χ2n) is 7.24. The van der Waals surface area contributed by atoms with Gasteiger partial charge in [-0.1, -0.05) is 24.3 Å². The molecule has 1 saturated heterocycles. The summed E-state index contributed by atoms with van der Waals surface area (Å²) in [7, 11) is 0. The first kappa shape index (κ1) is 22.0. The lowest BCUT2D eigenvalue weighted by Gasteiger charge is -2.36. The second-order valence-corrected chi connectivity index (χ2v) is 7.24. The summed E-state index contributed by atoms with van der Waals surface area (Å²) in [6, 6.07) is 15.5. The Balaban J connectivity index is 1.78. The van der Waals surface area contributed by atoms with E-state index in [9.17, 15) is 15.2 Å². The molecule has 3 rings (SSSR count). The number of phenolic OH excluding ortho intramolecular Hbond substituents is 1. The van der Waals surface area contributed by atoms with E-state index in [-0.39, 0.29) is 17.2 Å². The summed E-state index contributed by atoms with van der Waals surface area (Å²) in [5, 5.41) is 20.0. The van der Waals surface area contributed by atoms with Gasteiger partial charge in [0, 0.05) is 37.4 Å². The Morgan fingerprint density at radius 1 is 1.23 bits per heavy atom. The zero-order valence-electron chi connectivity index (χ0n) is 17.8. The molecule has 31 heavy (non-hydrogen) atoms. The topological polar surface area (TPSA) is 76.8 Å². The van der Waals surface area contributed by atoms with Crippen LogP contribution in [0.3, 0.4) is 0 Å². The van der Waals surface area contributed by atoms with Crippen molar-refractivity contribution in [1.82, 2.24) is 4.90 Å². The van der Waals surface area contributed by atoms with Crippen molar-refractivity contribution in [3.05, 3.63) is 71.8 Å². The van der Waals surface area contributed by atoms with E-state index in [4.69, 9.17) is 4.74 Å². The van der Waals surface area contributed by atoms with Crippen LogP contribution in [0, 0.1) is 11.3 Å². The first-order valence-electron chi connectivity index (χ1n) is 10.4. The molecule has 0 aliphatic carbocycles. The van der Waals surface area contributed by atoms with E-state index in [1.165, 1.54) is 0 Å². The van der Waals surface area contributed by atoms with Gasteiger partial charge in [-0.2, -0.15) is 5.26 Å². The van der Waals surface area contributed by atoms with Crippen LogP contribution in [0.1, 0.15) is 18.1 Å². The summed E-state index contributed by atoms with van der Waals surface area (Å²) in [5.41, 5.74) is 2.46. The van der Waals surface area contributed by atoms with Crippen molar-refractivity contribution < 1.29 is 14.6 Å². The summed E-state index contributed by atoms with van der Waals surface area (Å²) >= 11 is 0. The fourth-order valence-corrected chi connectivity index (χ4v) is 3.63. The highest BCUT2D eigenvalue weighted by Gasteiger charge is 2.24. The maximum Gasteiger partial charge on any atom is 0.264 e. The molecule has 6 nitrogen and oxygen atoms in total. The predicted molar refractivity (Wildman–Crippen MR) is 122 cm³/mol. The minimum absolute atomic E-state index is 0.0563. The standard InChI is InChI=1S/C25H27N3O3/c1-3-8-20-15-19(17-23(24(20)29)31-4-2)16-21(18-26)25(30)28-13-11-27(12-14-28)22-9-6-5-7-10-22/h3,5-7,9-10,15-17,29H,1,4,8,11-14H2,2H3/b21-16-. The number of carbonyl (C=O) groups is 1. The third kappa shape index (κ3) is 5.26. The molecule has 2 aromatic rings. The van der Waals surface area contributed by atoms with Gasteiger partial charge < -0.3 is 19.6 Å². The number of benzene rings is 2. The van der Waals surface area contributed by atoms with Crippen molar-refractivity contribution >= 4 is 17.7 Å². The summed E-state index contributed by atoms with van der Waals surface area (Å²) in [5.74, 6) is 0.0987. The van der Waals surface area contributed by atoms with Crippen molar-refractivity contribution in [1.29, 1.82) is 5.26 Å². The molecule has 1 aliphatic rings. The van der Waals surface area contributed by atoms with Gasteiger partial charge in [-0.05, 0) is 49.2 Å². The van der Waals surface area contributed by atoms with Crippen LogP contribution >= 0.6 is 0 Å². The highest BCUT2D eigenvalue weighted by atomic mass is 16.5. The van der Waals surface area contributed by atoms with Crippen molar-refractivity contribution in [2.24, 2.45) is 0 Å². The SMILES string of the molecule is C=CCc1cc(/C=C(/C#N)C(=O)N2CCN(c3ccccc3)CC2)cc(OCC)c1O. The summed E-state index contributed by atoms with van der Waals surface area (Å²) in [6.07, 6.45) is 3.69. The molecule has 1 heterocycles. The number of rotatable bonds is 7. The van der Waals surface area contributed by atoms with Gasteiger partial charge in [0.1, 0.15) is 11.6 Å². The minimum atomic E-state index is -0.286. The van der Waals surface area contributed by atoms with E-state index in [0.29, 0.717) is 56.1 Å². The van der Waals surface area contributed by atoms with Gasteiger partial charge in [0.2, 0.25) is 0 Å². The van der Waals surface area contributed by atoms with Gasteiger partial charge in [0.15, 0.2) is 11.5 Å². The Hall–Kier alpha value is -3.72. The molecule has 1 N–H and O–H groups in total. The normalized spacial score (nSPS) is 14.1. The molecule has 160 valence electrons. The summed E-state index contributed by atoms with van der Waals surface area (Å²) in [6.45, 7) is 8.46. The van der Waals surface area contributed by atoms with Crippen LogP contribution in [0.25, 0.3) is 6.08 Å². The lowest BCUT2D eigenvalue weighted by molar-refractivity contribution is -0.126. The number of nitriles is 1. The number of aromatic hydroxyl groups is 1. The zero-order valence-corrected chi connectivity index (χ0v) is 17.8. The zero-order chi connectivity index (χ0) is 22.2. The molecule has 0 saturated carbocycles. The third-order valence-corrected chi connectivity index (χ3v) is 5.19. The van der Waals surface area contributed by atoms with E-state index >= 15 is 0 Å². The Bertz CT molecular complexity index is 1000. The van der Waals surface area contributed by atoms with Crippen LogP contribution in [-0.4, -0.2) is 48.7 Å². The quantitative estimate of drug-likeness (QED) is 0.422. The van der Waals surface area contributed by atoms with Gasteiger partial charge in [-0.15, -0.1) is 6.58 Å². The van der Waals surface area contributed by atoms with E-state index in [0.717, 1.165) is 5.69 Å². The van der Waals surface area contributed by atoms with Crippen molar-refractivity contribution in [2.75, 3.05) is 37.7 Å². The number of nitrogens with zero attached hydrogens (tertiary/aromatic N) is 3. The first-order valence-corrected chi connectivity index (χ1v) is 10.4. The van der Waals surface area contributed by atoms with E-state index in [1.54, 1.807) is 29.2 Å². The highest BCUT2D eigenvalue weighted by molar-refractivity contribution is 6.01. The number of amides is 1. The average molecular weight is 418 g/mol. The lowest BCUT2D eigenvalue weighted by Crippen LogP contribution is -2.49. The number of allylic oxidation sites excluding steroid dienone is 1. The Morgan fingerprint density at radius 3 is 2.55 bits per heavy atom. The smallest absolute Gasteiger partial charge is 0.264 e. The number of ether oxygens (including phenoxy) is 1. The number of piperazine rings is 1. The minimum Gasteiger partial charge on any atom is -0.504 e. The van der Waals surface area contributed by atoms with Crippen molar-refractivity contribution in [3.8, 4) is 17.6 Å².